The lowest BCUT2D eigenvalue weighted by molar-refractivity contribution is -0.137. The van der Waals surface area contributed by atoms with Gasteiger partial charge in [0.25, 0.3) is 0 Å². The van der Waals surface area contributed by atoms with Crippen LogP contribution < -0.4 is 0 Å². The quantitative estimate of drug-likeness (QED) is 0.790. The zero-order valence-corrected chi connectivity index (χ0v) is 11.5. The maximum Gasteiger partial charge on any atom is 0.416 e. The Morgan fingerprint density at radius 1 is 1.30 bits per heavy atom. The first-order chi connectivity index (χ1) is 9.36. The number of rotatable bonds is 3. The van der Waals surface area contributed by atoms with Crippen LogP contribution in [0.1, 0.15) is 43.7 Å². The molecule has 1 nitrogen and oxygen atoms in total. The molecule has 2 atom stereocenters. The van der Waals surface area contributed by atoms with E-state index in [1.54, 1.807) is 6.07 Å². The number of benzene rings is 1. The molecule has 0 spiro atoms. The van der Waals surface area contributed by atoms with Crippen LogP contribution in [-0.4, -0.2) is 5.78 Å². The number of ketones is 1. The molecule has 1 aliphatic carbocycles. The Morgan fingerprint density at radius 3 is 2.70 bits per heavy atom. The Kier molecular flexibility index (Phi) is 4.51. The number of Topliss-reactive ketones (excluding diaryl/α,β-unsaturated/α-hetero) is 1. The van der Waals surface area contributed by atoms with E-state index >= 15 is 0 Å². The summed E-state index contributed by atoms with van der Waals surface area (Å²) in [7, 11) is 0. The van der Waals surface area contributed by atoms with Crippen LogP contribution in [0.15, 0.2) is 24.3 Å². The fourth-order valence-corrected chi connectivity index (χ4v) is 2.93. The highest BCUT2D eigenvalue weighted by Crippen LogP contribution is 2.32. The lowest BCUT2D eigenvalue weighted by Crippen LogP contribution is -2.23. The second kappa shape index (κ2) is 5.98. The van der Waals surface area contributed by atoms with E-state index in [0.717, 1.165) is 37.8 Å². The molecule has 4 heteroatoms. The summed E-state index contributed by atoms with van der Waals surface area (Å²) in [5.74, 6) is 0.642. The van der Waals surface area contributed by atoms with E-state index in [0.29, 0.717) is 11.5 Å². The average molecular weight is 284 g/mol. The van der Waals surface area contributed by atoms with Crippen LogP contribution in [0.25, 0.3) is 0 Å². The van der Waals surface area contributed by atoms with Crippen molar-refractivity contribution >= 4 is 5.78 Å². The standard InChI is InChI=1S/C16H19F3O/c1-11-4-2-6-13(8-11)15(20)10-12-5-3-7-14(9-12)16(17,18)19/h3,5,7,9,11,13H,2,4,6,8,10H2,1H3. The van der Waals surface area contributed by atoms with E-state index in [-0.39, 0.29) is 18.1 Å². The molecule has 1 aromatic carbocycles. The average Bonchev–Trinajstić information content (AvgIpc) is 2.38. The molecular formula is C16H19F3O. The summed E-state index contributed by atoms with van der Waals surface area (Å²) in [6, 6.07) is 5.09. The molecule has 1 saturated carbocycles. The highest BCUT2D eigenvalue weighted by atomic mass is 19.4. The van der Waals surface area contributed by atoms with E-state index in [9.17, 15) is 18.0 Å². The minimum absolute atomic E-state index is 0.0216. The molecule has 1 aromatic rings. The van der Waals surface area contributed by atoms with Gasteiger partial charge in [-0.1, -0.05) is 38.0 Å². The predicted octanol–water partition coefficient (Wildman–Crippen LogP) is 4.64. The number of alkyl halides is 3. The van der Waals surface area contributed by atoms with Crippen LogP contribution in [0, 0.1) is 11.8 Å². The molecule has 0 bridgehead atoms. The fourth-order valence-electron chi connectivity index (χ4n) is 2.93. The molecule has 2 unspecified atom stereocenters. The molecule has 0 heterocycles. The van der Waals surface area contributed by atoms with Gasteiger partial charge in [-0.25, -0.2) is 0 Å². The topological polar surface area (TPSA) is 17.1 Å². The van der Waals surface area contributed by atoms with Crippen LogP contribution in [-0.2, 0) is 17.4 Å². The number of hydrogen-bond donors (Lipinski definition) is 0. The van der Waals surface area contributed by atoms with Gasteiger partial charge < -0.3 is 0 Å². The molecule has 2 rings (SSSR count). The Bertz CT molecular complexity index is 479. The summed E-state index contributed by atoms with van der Waals surface area (Å²) in [6.07, 6.45) is -0.298. The molecule has 110 valence electrons. The molecule has 0 amide bonds. The lowest BCUT2D eigenvalue weighted by atomic mass is 9.79. The van der Waals surface area contributed by atoms with Crippen molar-refractivity contribution in [3.05, 3.63) is 35.4 Å². The lowest BCUT2D eigenvalue weighted by Gasteiger charge is -2.25. The van der Waals surface area contributed by atoms with Crippen molar-refractivity contribution < 1.29 is 18.0 Å². The Morgan fingerprint density at radius 2 is 2.05 bits per heavy atom. The fraction of sp³-hybridized carbons (Fsp3) is 0.562. The van der Waals surface area contributed by atoms with Gasteiger partial charge in [0.15, 0.2) is 0 Å². The van der Waals surface area contributed by atoms with E-state index in [2.05, 4.69) is 6.92 Å². The van der Waals surface area contributed by atoms with E-state index in [1.165, 1.54) is 6.07 Å². The molecule has 0 aromatic heterocycles. The molecular weight excluding hydrogens is 265 g/mol. The predicted molar refractivity (Wildman–Crippen MR) is 71.3 cm³/mol. The zero-order valence-electron chi connectivity index (χ0n) is 11.5. The van der Waals surface area contributed by atoms with Crippen LogP contribution >= 0.6 is 0 Å². The van der Waals surface area contributed by atoms with Crippen molar-refractivity contribution in [2.75, 3.05) is 0 Å². The first-order valence-corrected chi connectivity index (χ1v) is 7.05. The summed E-state index contributed by atoms with van der Waals surface area (Å²) < 4.78 is 37.9. The van der Waals surface area contributed by atoms with Crippen molar-refractivity contribution in [2.45, 2.75) is 45.2 Å². The largest absolute Gasteiger partial charge is 0.416 e. The summed E-state index contributed by atoms with van der Waals surface area (Å²) in [5.41, 5.74) is -0.220. The third kappa shape index (κ3) is 3.84. The number of carbonyl (C=O) groups excluding carboxylic acids is 1. The molecule has 1 aliphatic rings. The van der Waals surface area contributed by atoms with Gasteiger partial charge in [-0.3, -0.25) is 4.79 Å². The highest BCUT2D eigenvalue weighted by Gasteiger charge is 2.31. The van der Waals surface area contributed by atoms with E-state index in [1.807, 2.05) is 0 Å². The van der Waals surface area contributed by atoms with Crippen molar-refractivity contribution in [3.63, 3.8) is 0 Å². The Labute approximate surface area is 117 Å². The van der Waals surface area contributed by atoms with Crippen LogP contribution in [0.2, 0.25) is 0 Å². The zero-order chi connectivity index (χ0) is 14.8. The second-order valence-corrected chi connectivity index (χ2v) is 5.81. The molecule has 1 fully saturated rings. The summed E-state index contributed by atoms with van der Waals surface area (Å²) in [4.78, 5) is 12.2. The summed E-state index contributed by atoms with van der Waals surface area (Å²) >= 11 is 0. The van der Waals surface area contributed by atoms with Crippen LogP contribution in [0.4, 0.5) is 13.2 Å². The van der Waals surface area contributed by atoms with E-state index < -0.39 is 11.7 Å². The smallest absolute Gasteiger partial charge is 0.299 e. The van der Waals surface area contributed by atoms with Gasteiger partial charge in [0.1, 0.15) is 5.78 Å². The molecule has 0 aliphatic heterocycles. The van der Waals surface area contributed by atoms with Gasteiger partial charge in [0.2, 0.25) is 0 Å². The number of halogens is 3. The van der Waals surface area contributed by atoms with Crippen LogP contribution in [0.5, 0.6) is 0 Å². The number of hydrogen-bond acceptors (Lipinski definition) is 1. The highest BCUT2D eigenvalue weighted by molar-refractivity contribution is 5.83. The van der Waals surface area contributed by atoms with E-state index in [4.69, 9.17) is 0 Å². The maximum atomic E-state index is 12.6. The summed E-state index contributed by atoms with van der Waals surface area (Å²) in [5, 5.41) is 0. The van der Waals surface area contributed by atoms with Crippen molar-refractivity contribution in [1.82, 2.24) is 0 Å². The molecule has 20 heavy (non-hydrogen) atoms. The van der Waals surface area contributed by atoms with Gasteiger partial charge in [-0.15, -0.1) is 0 Å². The van der Waals surface area contributed by atoms with Gasteiger partial charge in [-0.05, 0) is 30.4 Å². The minimum Gasteiger partial charge on any atom is -0.299 e. The maximum absolute atomic E-state index is 12.6. The Balaban J connectivity index is 2.04. The second-order valence-electron chi connectivity index (χ2n) is 5.81. The molecule has 0 N–H and O–H groups in total. The van der Waals surface area contributed by atoms with Crippen molar-refractivity contribution in [2.24, 2.45) is 11.8 Å². The first-order valence-electron chi connectivity index (χ1n) is 7.05. The van der Waals surface area contributed by atoms with Gasteiger partial charge in [0, 0.05) is 12.3 Å². The number of carbonyl (C=O) groups is 1. The normalized spacial score (nSPS) is 23.6. The third-order valence-electron chi connectivity index (χ3n) is 4.02. The first kappa shape index (κ1) is 15.1. The minimum atomic E-state index is -4.35. The van der Waals surface area contributed by atoms with Gasteiger partial charge in [0.05, 0.1) is 5.56 Å². The molecule has 0 saturated heterocycles. The van der Waals surface area contributed by atoms with Crippen molar-refractivity contribution in [1.29, 1.82) is 0 Å². The SMILES string of the molecule is CC1CCCC(C(=O)Cc2cccc(C(F)(F)F)c2)C1. The summed E-state index contributed by atoms with van der Waals surface area (Å²) in [6.45, 7) is 2.13. The Hall–Kier alpha value is -1.32. The molecule has 0 radical (unpaired) electrons. The monoisotopic (exact) mass is 284 g/mol. The van der Waals surface area contributed by atoms with Crippen molar-refractivity contribution in [3.8, 4) is 0 Å². The van der Waals surface area contributed by atoms with Gasteiger partial charge >= 0.3 is 6.18 Å². The van der Waals surface area contributed by atoms with Crippen LogP contribution in [0.3, 0.4) is 0 Å². The van der Waals surface area contributed by atoms with Gasteiger partial charge in [-0.2, -0.15) is 13.2 Å². The third-order valence-corrected chi connectivity index (χ3v) is 4.02.